The Bertz CT molecular complexity index is 1050. The number of hydrogen-bond acceptors (Lipinski definition) is 2. The lowest BCUT2D eigenvalue weighted by molar-refractivity contribution is 0.215. The number of terminal acetylenes is 1. The van der Waals surface area contributed by atoms with Gasteiger partial charge >= 0.3 is 0 Å². The summed E-state index contributed by atoms with van der Waals surface area (Å²) in [4.78, 5) is 0. The predicted octanol–water partition coefficient (Wildman–Crippen LogP) is 5.81. The van der Waals surface area contributed by atoms with Gasteiger partial charge in [0.05, 0.1) is 5.69 Å². The van der Waals surface area contributed by atoms with E-state index >= 15 is 0 Å². The van der Waals surface area contributed by atoms with Crippen molar-refractivity contribution in [2.24, 2.45) is 0 Å². The lowest BCUT2D eigenvalue weighted by atomic mass is 9.97. The Morgan fingerprint density at radius 1 is 0.897 bits per heavy atom. The largest absolute Gasteiger partial charge is 0.305 e. The van der Waals surface area contributed by atoms with Crippen molar-refractivity contribution in [2.75, 3.05) is 24.6 Å². The molecule has 0 bridgehead atoms. The van der Waals surface area contributed by atoms with Crippen molar-refractivity contribution in [3.8, 4) is 12.3 Å². The number of benzene rings is 3. The number of nitrogens with zero attached hydrogens (tertiary/aromatic N) is 2. The smallest absolute Gasteiger partial charge is 0.0601 e. The molecule has 0 amide bonds. The predicted molar refractivity (Wildman–Crippen MR) is 124 cm³/mol. The molecule has 1 fully saturated rings. The second-order valence-corrected chi connectivity index (χ2v) is 8.23. The van der Waals surface area contributed by atoms with E-state index < -0.39 is 0 Å². The van der Waals surface area contributed by atoms with E-state index in [1.807, 2.05) is 0 Å². The quantitative estimate of drug-likeness (QED) is 0.526. The molecule has 2 nitrogen and oxygen atoms in total. The van der Waals surface area contributed by atoms with E-state index in [0.29, 0.717) is 0 Å². The third-order valence-electron chi connectivity index (χ3n) is 6.17. The highest BCUT2D eigenvalue weighted by Gasteiger charge is 2.22. The Hall–Kier alpha value is -2.76. The van der Waals surface area contributed by atoms with Crippen molar-refractivity contribution < 1.29 is 0 Å². The summed E-state index contributed by atoms with van der Waals surface area (Å²) in [6.07, 6.45) is 9.31. The monoisotopic (exact) mass is 382 g/mol. The zero-order valence-electron chi connectivity index (χ0n) is 17.8. The van der Waals surface area contributed by atoms with E-state index in [4.69, 9.17) is 6.42 Å². The molecule has 1 saturated heterocycles. The zero-order valence-corrected chi connectivity index (χ0v) is 17.8. The molecule has 29 heavy (non-hydrogen) atoms. The fourth-order valence-corrected chi connectivity index (χ4v) is 4.80. The van der Waals surface area contributed by atoms with Crippen LogP contribution in [0.1, 0.15) is 40.7 Å². The second kappa shape index (κ2) is 8.31. The van der Waals surface area contributed by atoms with Crippen LogP contribution in [-0.4, -0.2) is 24.6 Å². The molecule has 0 radical (unpaired) electrons. The van der Waals surface area contributed by atoms with E-state index in [1.165, 1.54) is 51.6 Å². The van der Waals surface area contributed by atoms with E-state index in [1.54, 1.807) is 0 Å². The second-order valence-electron chi connectivity index (χ2n) is 8.23. The molecular formula is C27H30N2. The third kappa shape index (κ3) is 3.88. The number of anilines is 1. The maximum atomic E-state index is 5.75. The van der Waals surface area contributed by atoms with Gasteiger partial charge in [0.2, 0.25) is 0 Å². The van der Waals surface area contributed by atoms with E-state index in [0.717, 1.165) is 31.6 Å². The van der Waals surface area contributed by atoms with E-state index in [9.17, 15) is 0 Å². The van der Waals surface area contributed by atoms with Gasteiger partial charge in [-0.1, -0.05) is 47.9 Å². The van der Waals surface area contributed by atoms with E-state index in [2.05, 4.69) is 85.2 Å². The van der Waals surface area contributed by atoms with Gasteiger partial charge in [-0.2, -0.15) is 0 Å². The lowest BCUT2D eigenvalue weighted by Gasteiger charge is -2.41. The number of fused-ring (bicyclic) bond motifs is 1. The minimum Gasteiger partial charge on any atom is -0.305 e. The summed E-state index contributed by atoms with van der Waals surface area (Å²) in [5.74, 6) is 2.84. The molecule has 4 rings (SSSR count). The van der Waals surface area contributed by atoms with Crippen LogP contribution in [0.15, 0.2) is 48.5 Å². The van der Waals surface area contributed by atoms with Crippen molar-refractivity contribution in [3.05, 3.63) is 76.3 Å². The van der Waals surface area contributed by atoms with Crippen molar-refractivity contribution >= 4 is 16.5 Å². The summed E-state index contributed by atoms with van der Waals surface area (Å²) in [5.41, 5.74) is 7.91. The lowest BCUT2D eigenvalue weighted by Crippen LogP contribution is -2.48. The highest BCUT2D eigenvalue weighted by molar-refractivity contribution is 5.97. The fourth-order valence-electron chi connectivity index (χ4n) is 4.80. The Morgan fingerprint density at radius 3 is 2.31 bits per heavy atom. The minimum absolute atomic E-state index is 0.971. The summed E-state index contributed by atoms with van der Waals surface area (Å²) < 4.78 is 0. The Labute approximate surface area is 175 Å². The molecule has 0 atom stereocenters. The highest BCUT2D eigenvalue weighted by Crippen LogP contribution is 2.32. The maximum Gasteiger partial charge on any atom is 0.0601 e. The first-order valence-electron chi connectivity index (χ1n) is 10.7. The first-order valence-corrected chi connectivity index (χ1v) is 10.7. The number of hydrogen-bond donors (Lipinski definition) is 0. The molecule has 0 aromatic heterocycles. The molecule has 3 aromatic carbocycles. The van der Waals surface area contributed by atoms with Gasteiger partial charge < -0.3 is 5.01 Å². The SMILES string of the molecule is C#Cc1ccc(N2CCCCN2CCc2c(C)cc(C)cc2C)c2ccccc12. The van der Waals surface area contributed by atoms with Gasteiger partial charge in [0.1, 0.15) is 0 Å². The van der Waals surface area contributed by atoms with E-state index in [-0.39, 0.29) is 0 Å². The molecule has 3 aromatic rings. The van der Waals surface area contributed by atoms with Crippen LogP contribution in [0.5, 0.6) is 0 Å². The van der Waals surface area contributed by atoms with Crippen molar-refractivity contribution in [2.45, 2.75) is 40.0 Å². The molecule has 1 heterocycles. The van der Waals surface area contributed by atoms with Crippen LogP contribution in [-0.2, 0) is 6.42 Å². The minimum atomic E-state index is 0.971. The van der Waals surface area contributed by atoms with Crippen LogP contribution in [0.3, 0.4) is 0 Å². The van der Waals surface area contributed by atoms with Crippen molar-refractivity contribution in [3.63, 3.8) is 0 Å². The van der Waals surface area contributed by atoms with Gasteiger partial charge in [0.15, 0.2) is 0 Å². The Balaban J connectivity index is 1.64. The van der Waals surface area contributed by atoms with Crippen LogP contribution in [0, 0.1) is 33.1 Å². The number of rotatable bonds is 4. The normalized spacial score (nSPS) is 14.9. The molecule has 0 spiro atoms. The standard InChI is InChI=1S/C27H30N2/c1-5-23-12-13-27(26-11-7-6-10-25(23)26)29-16-9-8-15-28(29)17-14-24-21(3)18-20(2)19-22(24)4/h1,6-7,10-13,18-19H,8-9,14-17H2,2-4H3. The summed E-state index contributed by atoms with van der Waals surface area (Å²) in [5, 5.41) is 7.45. The molecule has 2 heteroatoms. The molecule has 0 aliphatic carbocycles. The average Bonchev–Trinajstić information content (AvgIpc) is 2.72. The van der Waals surface area contributed by atoms with Crippen LogP contribution < -0.4 is 5.01 Å². The van der Waals surface area contributed by atoms with Crippen LogP contribution >= 0.6 is 0 Å². The number of aryl methyl sites for hydroxylation is 3. The average molecular weight is 383 g/mol. The molecule has 148 valence electrons. The summed E-state index contributed by atoms with van der Waals surface area (Å²) in [7, 11) is 0. The molecule has 1 aliphatic heterocycles. The van der Waals surface area contributed by atoms with Crippen LogP contribution in [0.4, 0.5) is 5.69 Å². The van der Waals surface area contributed by atoms with Gasteiger partial charge in [-0.25, -0.2) is 5.01 Å². The van der Waals surface area contributed by atoms with Gasteiger partial charge in [0.25, 0.3) is 0 Å². The summed E-state index contributed by atoms with van der Waals surface area (Å²) in [6, 6.07) is 17.4. The first-order chi connectivity index (χ1) is 14.1. The van der Waals surface area contributed by atoms with Gasteiger partial charge in [-0.15, -0.1) is 6.42 Å². The van der Waals surface area contributed by atoms with Crippen molar-refractivity contribution in [1.82, 2.24) is 5.01 Å². The molecule has 0 saturated carbocycles. The Kier molecular flexibility index (Phi) is 5.60. The summed E-state index contributed by atoms with van der Waals surface area (Å²) >= 11 is 0. The Morgan fingerprint density at radius 2 is 1.59 bits per heavy atom. The van der Waals surface area contributed by atoms with Gasteiger partial charge in [0, 0.05) is 30.6 Å². The van der Waals surface area contributed by atoms with Gasteiger partial charge in [-0.05, 0) is 74.2 Å². The topological polar surface area (TPSA) is 6.48 Å². The number of hydrazine groups is 1. The molecule has 0 unspecified atom stereocenters. The highest BCUT2D eigenvalue weighted by atomic mass is 15.6. The first kappa shape index (κ1) is 19.6. The summed E-state index contributed by atoms with van der Waals surface area (Å²) in [6.45, 7) is 9.88. The zero-order chi connectivity index (χ0) is 20.4. The van der Waals surface area contributed by atoms with Crippen LogP contribution in [0.25, 0.3) is 10.8 Å². The van der Waals surface area contributed by atoms with Crippen molar-refractivity contribution in [1.29, 1.82) is 0 Å². The fraction of sp³-hybridized carbons (Fsp3) is 0.333. The molecule has 0 N–H and O–H groups in total. The third-order valence-corrected chi connectivity index (χ3v) is 6.17. The molecular weight excluding hydrogens is 352 g/mol. The van der Waals surface area contributed by atoms with Gasteiger partial charge in [-0.3, -0.25) is 0 Å². The maximum absolute atomic E-state index is 5.75. The molecule has 1 aliphatic rings. The van der Waals surface area contributed by atoms with Crippen LogP contribution in [0.2, 0.25) is 0 Å².